The summed E-state index contributed by atoms with van der Waals surface area (Å²) in [6.07, 6.45) is 8.70. The van der Waals surface area contributed by atoms with Crippen LogP contribution in [0.3, 0.4) is 0 Å². The molecule has 0 saturated carbocycles. The Bertz CT molecular complexity index is 680. The first-order valence-electron chi connectivity index (χ1n) is 9.17. The van der Waals surface area contributed by atoms with Gasteiger partial charge in [0.2, 0.25) is 5.91 Å². The lowest BCUT2D eigenvalue weighted by Gasteiger charge is -2.30. The molecule has 1 fully saturated rings. The van der Waals surface area contributed by atoms with E-state index in [0.29, 0.717) is 6.04 Å². The topological polar surface area (TPSA) is 68.0 Å². The number of hydrogen-bond donors (Lipinski definition) is 1. The van der Waals surface area contributed by atoms with E-state index in [0.717, 1.165) is 38.2 Å². The lowest BCUT2D eigenvalue weighted by molar-refractivity contribution is -0.121. The molecule has 1 aliphatic heterocycles. The smallest absolute Gasteiger partial charge is 0.242 e. The van der Waals surface area contributed by atoms with Crippen molar-refractivity contribution in [2.75, 3.05) is 11.9 Å². The van der Waals surface area contributed by atoms with Gasteiger partial charge in [0.1, 0.15) is 5.82 Å². The minimum atomic E-state index is -0.177. The highest BCUT2D eigenvalue weighted by molar-refractivity contribution is 5.93. The van der Waals surface area contributed by atoms with Crippen molar-refractivity contribution in [2.24, 2.45) is 0 Å². The summed E-state index contributed by atoms with van der Waals surface area (Å²) in [7, 11) is 0. The SMILES string of the molecule is CC[C@H](C)n1nccc1NC(=O)[C@@H](C)N1CCC[C@H]1Cn1cccn1. The molecule has 0 spiro atoms. The molecule has 0 radical (unpaired) electrons. The Morgan fingerprint density at radius 3 is 2.92 bits per heavy atom. The molecule has 3 rings (SSSR count). The van der Waals surface area contributed by atoms with Crippen LogP contribution in [-0.2, 0) is 11.3 Å². The number of hydrogen-bond acceptors (Lipinski definition) is 4. The van der Waals surface area contributed by atoms with Crippen LogP contribution in [0.4, 0.5) is 5.82 Å². The van der Waals surface area contributed by atoms with Crippen molar-refractivity contribution >= 4 is 11.7 Å². The van der Waals surface area contributed by atoms with Crippen molar-refractivity contribution < 1.29 is 4.79 Å². The second kappa shape index (κ2) is 7.82. The Morgan fingerprint density at radius 1 is 1.36 bits per heavy atom. The van der Waals surface area contributed by atoms with Gasteiger partial charge in [0.15, 0.2) is 0 Å². The Kier molecular flexibility index (Phi) is 5.53. The van der Waals surface area contributed by atoms with Gasteiger partial charge in [0.25, 0.3) is 0 Å². The number of carbonyl (C=O) groups is 1. The Morgan fingerprint density at radius 2 is 2.20 bits per heavy atom. The maximum absolute atomic E-state index is 12.8. The number of amides is 1. The van der Waals surface area contributed by atoms with E-state index in [1.165, 1.54) is 0 Å². The molecule has 1 saturated heterocycles. The largest absolute Gasteiger partial charge is 0.310 e. The van der Waals surface area contributed by atoms with Gasteiger partial charge in [-0.05, 0) is 45.7 Å². The van der Waals surface area contributed by atoms with Crippen molar-refractivity contribution in [3.8, 4) is 0 Å². The van der Waals surface area contributed by atoms with Gasteiger partial charge in [0, 0.05) is 24.5 Å². The number of nitrogens with one attached hydrogen (secondary N) is 1. The van der Waals surface area contributed by atoms with E-state index in [4.69, 9.17) is 0 Å². The number of likely N-dealkylation sites (tertiary alicyclic amines) is 1. The zero-order chi connectivity index (χ0) is 17.8. The van der Waals surface area contributed by atoms with Gasteiger partial charge >= 0.3 is 0 Å². The van der Waals surface area contributed by atoms with Crippen LogP contribution >= 0.6 is 0 Å². The molecular formula is C18H28N6O. The molecule has 0 bridgehead atoms. The molecule has 3 atom stereocenters. The van der Waals surface area contributed by atoms with E-state index in [9.17, 15) is 4.79 Å². The van der Waals surface area contributed by atoms with Crippen LogP contribution in [0.5, 0.6) is 0 Å². The average Bonchev–Trinajstić information content (AvgIpc) is 3.35. The summed E-state index contributed by atoms with van der Waals surface area (Å²) in [5.74, 6) is 0.798. The summed E-state index contributed by atoms with van der Waals surface area (Å²) >= 11 is 0. The molecular weight excluding hydrogens is 316 g/mol. The summed E-state index contributed by atoms with van der Waals surface area (Å²) in [5, 5.41) is 11.7. The lowest BCUT2D eigenvalue weighted by Crippen LogP contribution is -2.46. The molecule has 7 heteroatoms. The van der Waals surface area contributed by atoms with Crippen LogP contribution in [0.15, 0.2) is 30.7 Å². The Balaban J connectivity index is 1.64. The fourth-order valence-electron chi connectivity index (χ4n) is 3.51. The third-order valence-corrected chi connectivity index (χ3v) is 5.19. The van der Waals surface area contributed by atoms with Crippen molar-refractivity contribution in [1.82, 2.24) is 24.5 Å². The van der Waals surface area contributed by atoms with Crippen LogP contribution in [0, 0.1) is 0 Å². The minimum absolute atomic E-state index is 0.0254. The standard InChI is InChI=1S/C18H28N6O/c1-4-14(2)24-17(8-10-20-24)21-18(25)15(3)23-12-5-7-16(23)13-22-11-6-9-19-22/h6,8-11,14-16H,4-5,7,12-13H2,1-3H3,(H,21,25)/t14-,15+,16-/m0/s1. The van der Waals surface area contributed by atoms with E-state index >= 15 is 0 Å². The maximum atomic E-state index is 12.8. The molecule has 0 unspecified atom stereocenters. The van der Waals surface area contributed by atoms with Crippen molar-refractivity contribution in [3.63, 3.8) is 0 Å². The first-order valence-corrected chi connectivity index (χ1v) is 9.17. The molecule has 3 heterocycles. The predicted octanol–water partition coefficient (Wildman–Crippen LogP) is 2.54. The van der Waals surface area contributed by atoms with Crippen molar-refractivity contribution in [3.05, 3.63) is 30.7 Å². The predicted molar refractivity (Wildman–Crippen MR) is 97.3 cm³/mol. The molecule has 0 aliphatic carbocycles. The van der Waals surface area contributed by atoms with Crippen molar-refractivity contribution in [2.45, 2.75) is 64.7 Å². The van der Waals surface area contributed by atoms with Crippen LogP contribution in [-0.4, -0.2) is 49.0 Å². The molecule has 1 N–H and O–H groups in total. The fraction of sp³-hybridized carbons (Fsp3) is 0.611. The summed E-state index contributed by atoms with van der Waals surface area (Å²) < 4.78 is 3.83. The number of anilines is 1. The molecule has 7 nitrogen and oxygen atoms in total. The van der Waals surface area contributed by atoms with Gasteiger partial charge in [-0.2, -0.15) is 10.2 Å². The minimum Gasteiger partial charge on any atom is -0.310 e. The van der Waals surface area contributed by atoms with Crippen LogP contribution in [0.2, 0.25) is 0 Å². The quantitative estimate of drug-likeness (QED) is 0.838. The Hall–Kier alpha value is -2.15. The first kappa shape index (κ1) is 17.7. The fourth-order valence-corrected chi connectivity index (χ4v) is 3.51. The molecule has 136 valence electrons. The van der Waals surface area contributed by atoms with Gasteiger partial charge < -0.3 is 5.32 Å². The highest BCUT2D eigenvalue weighted by Gasteiger charge is 2.32. The number of carbonyl (C=O) groups excluding carboxylic acids is 1. The normalized spacial score (nSPS) is 20.5. The first-order chi connectivity index (χ1) is 12.1. The monoisotopic (exact) mass is 344 g/mol. The number of aromatic nitrogens is 4. The highest BCUT2D eigenvalue weighted by Crippen LogP contribution is 2.23. The van der Waals surface area contributed by atoms with E-state index in [1.54, 1.807) is 12.4 Å². The van der Waals surface area contributed by atoms with Gasteiger partial charge in [0.05, 0.1) is 24.8 Å². The lowest BCUT2D eigenvalue weighted by atomic mass is 10.2. The second-order valence-corrected chi connectivity index (χ2v) is 6.85. The van der Waals surface area contributed by atoms with Crippen LogP contribution in [0.1, 0.15) is 46.1 Å². The van der Waals surface area contributed by atoms with Crippen LogP contribution in [0.25, 0.3) is 0 Å². The zero-order valence-electron chi connectivity index (χ0n) is 15.3. The van der Waals surface area contributed by atoms with Gasteiger partial charge in [-0.25, -0.2) is 4.68 Å². The maximum Gasteiger partial charge on any atom is 0.242 e. The molecule has 0 aromatic carbocycles. The van der Waals surface area contributed by atoms with Gasteiger partial charge in [-0.15, -0.1) is 0 Å². The molecule has 2 aromatic rings. The van der Waals surface area contributed by atoms with E-state index < -0.39 is 0 Å². The number of rotatable bonds is 7. The Labute approximate surface area is 149 Å². The summed E-state index contributed by atoms with van der Waals surface area (Å²) in [4.78, 5) is 15.1. The van der Waals surface area contributed by atoms with Crippen molar-refractivity contribution in [1.29, 1.82) is 0 Å². The number of nitrogens with zero attached hydrogens (tertiary/aromatic N) is 5. The molecule has 25 heavy (non-hydrogen) atoms. The van der Waals surface area contributed by atoms with Crippen LogP contribution < -0.4 is 5.32 Å². The second-order valence-electron chi connectivity index (χ2n) is 6.85. The van der Waals surface area contributed by atoms with E-state index in [1.807, 2.05) is 34.6 Å². The highest BCUT2D eigenvalue weighted by atomic mass is 16.2. The summed E-state index contributed by atoms with van der Waals surface area (Å²) in [6, 6.07) is 4.23. The molecule has 1 amide bonds. The van der Waals surface area contributed by atoms with E-state index in [-0.39, 0.29) is 18.0 Å². The molecule has 2 aromatic heterocycles. The van der Waals surface area contributed by atoms with Gasteiger partial charge in [-0.1, -0.05) is 6.92 Å². The third kappa shape index (κ3) is 3.92. The average molecular weight is 344 g/mol. The zero-order valence-corrected chi connectivity index (χ0v) is 15.3. The molecule has 1 aliphatic rings. The summed E-state index contributed by atoms with van der Waals surface area (Å²) in [6.45, 7) is 7.98. The third-order valence-electron chi connectivity index (χ3n) is 5.19. The van der Waals surface area contributed by atoms with Gasteiger partial charge in [-0.3, -0.25) is 14.4 Å². The van der Waals surface area contributed by atoms with E-state index in [2.05, 4.69) is 34.3 Å². The summed E-state index contributed by atoms with van der Waals surface area (Å²) in [5.41, 5.74) is 0.